The Morgan fingerprint density at radius 1 is 1.35 bits per heavy atom. The van der Waals surface area contributed by atoms with Gasteiger partial charge in [0.15, 0.2) is 4.80 Å². The summed E-state index contributed by atoms with van der Waals surface area (Å²) in [7, 11) is 0. The molecule has 26 heavy (non-hydrogen) atoms. The molecule has 0 saturated carbocycles. The van der Waals surface area contributed by atoms with Crippen LogP contribution < -0.4 is 4.80 Å². The van der Waals surface area contributed by atoms with Gasteiger partial charge in [0, 0.05) is 6.54 Å². The van der Waals surface area contributed by atoms with Crippen LogP contribution in [-0.4, -0.2) is 36.3 Å². The quantitative estimate of drug-likeness (QED) is 0.748. The Kier molecular flexibility index (Phi) is 5.72. The Labute approximate surface area is 154 Å². The first kappa shape index (κ1) is 18.2. The number of ether oxygens (including phenoxy) is 3. The highest BCUT2D eigenvalue weighted by molar-refractivity contribution is 7.16. The average molecular weight is 376 g/mol. The summed E-state index contributed by atoms with van der Waals surface area (Å²) in [5.74, 6) is -0.699. The molecule has 1 aliphatic rings. The van der Waals surface area contributed by atoms with E-state index in [4.69, 9.17) is 14.2 Å². The predicted octanol–water partition coefficient (Wildman–Crippen LogP) is 2.28. The summed E-state index contributed by atoms with van der Waals surface area (Å²) < 4.78 is 18.3. The van der Waals surface area contributed by atoms with Crippen molar-refractivity contribution in [3.05, 3.63) is 40.6 Å². The Morgan fingerprint density at radius 2 is 2.19 bits per heavy atom. The standard InChI is InChI=1S/C18H20N2O5S/c1-3-24-16(21)6-7-20-13-5-4-12(2)10-15(13)26-18(20)19-17(22)14-11-23-8-9-25-14/h4-5,10-11H,3,6-9H2,1-2H3. The van der Waals surface area contributed by atoms with E-state index in [0.29, 0.717) is 31.2 Å². The van der Waals surface area contributed by atoms with E-state index in [1.165, 1.54) is 17.6 Å². The molecule has 0 spiro atoms. The Balaban J connectivity index is 1.98. The molecule has 0 atom stereocenters. The van der Waals surface area contributed by atoms with Crippen LogP contribution in [0.5, 0.6) is 0 Å². The molecular formula is C18H20N2O5S. The number of hydrogen-bond acceptors (Lipinski definition) is 6. The van der Waals surface area contributed by atoms with Crippen molar-refractivity contribution in [2.75, 3.05) is 19.8 Å². The van der Waals surface area contributed by atoms with Gasteiger partial charge < -0.3 is 18.8 Å². The third-order valence-electron chi connectivity index (χ3n) is 3.74. The lowest BCUT2D eigenvalue weighted by Gasteiger charge is -2.12. The lowest BCUT2D eigenvalue weighted by Crippen LogP contribution is -2.21. The summed E-state index contributed by atoms with van der Waals surface area (Å²) in [6, 6.07) is 5.99. The summed E-state index contributed by atoms with van der Waals surface area (Å²) >= 11 is 1.40. The maximum atomic E-state index is 12.4. The second-order valence-corrected chi connectivity index (χ2v) is 6.69. The topological polar surface area (TPSA) is 79.1 Å². The fourth-order valence-electron chi connectivity index (χ4n) is 2.54. The van der Waals surface area contributed by atoms with Gasteiger partial charge in [0.25, 0.3) is 0 Å². The number of thiazole rings is 1. The van der Waals surface area contributed by atoms with E-state index in [1.54, 1.807) is 6.92 Å². The van der Waals surface area contributed by atoms with Crippen LogP contribution in [0.25, 0.3) is 10.2 Å². The van der Waals surface area contributed by atoms with Crippen molar-refractivity contribution in [2.45, 2.75) is 26.8 Å². The third kappa shape index (κ3) is 4.13. The average Bonchev–Trinajstić information content (AvgIpc) is 2.97. The number of aromatic nitrogens is 1. The van der Waals surface area contributed by atoms with Crippen molar-refractivity contribution in [3.63, 3.8) is 0 Å². The first-order valence-corrected chi connectivity index (χ1v) is 9.19. The van der Waals surface area contributed by atoms with Crippen LogP contribution in [0.4, 0.5) is 0 Å². The highest BCUT2D eigenvalue weighted by atomic mass is 32.1. The van der Waals surface area contributed by atoms with Crippen LogP contribution >= 0.6 is 11.3 Å². The Bertz CT molecular complexity index is 925. The molecule has 0 unspecified atom stereocenters. The first-order chi connectivity index (χ1) is 12.6. The van der Waals surface area contributed by atoms with E-state index in [-0.39, 0.29) is 18.1 Å². The first-order valence-electron chi connectivity index (χ1n) is 8.37. The summed E-state index contributed by atoms with van der Waals surface area (Å²) in [6.07, 6.45) is 1.49. The van der Waals surface area contributed by atoms with Crippen molar-refractivity contribution in [2.24, 2.45) is 4.99 Å². The predicted molar refractivity (Wildman–Crippen MR) is 96.4 cm³/mol. The number of aryl methyl sites for hydroxylation is 2. The molecule has 3 rings (SSSR count). The normalized spacial score (nSPS) is 14.5. The molecule has 0 aliphatic carbocycles. The van der Waals surface area contributed by atoms with Gasteiger partial charge in [-0.1, -0.05) is 17.4 Å². The van der Waals surface area contributed by atoms with E-state index in [2.05, 4.69) is 4.99 Å². The smallest absolute Gasteiger partial charge is 0.317 e. The van der Waals surface area contributed by atoms with Crippen LogP contribution in [0, 0.1) is 6.92 Å². The van der Waals surface area contributed by atoms with Gasteiger partial charge in [-0.15, -0.1) is 0 Å². The highest BCUT2D eigenvalue weighted by Crippen LogP contribution is 2.19. The van der Waals surface area contributed by atoms with Crippen LogP contribution in [0.15, 0.2) is 35.2 Å². The zero-order valence-electron chi connectivity index (χ0n) is 14.7. The Morgan fingerprint density at radius 3 is 2.92 bits per heavy atom. The molecule has 2 heterocycles. The number of carbonyl (C=O) groups excluding carboxylic acids is 2. The maximum Gasteiger partial charge on any atom is 0.317 e. The fourth-order valence-corrected chi connectivity index (χ4v) is 3.69. The molecule has 1 amide bonds. The molecule has 0 N–H and O–H groups in total. The number of benzene rings is 1. The van der Waals surface area contributed by atoms with Crippen molar-refractivity contribution in [1.29, 1.82) is 0 Å². The van der Waals surface area contributed by atoms with E-state index in [9.17, 15) is 9.59 Å². The van der Waals surface area contributed by atoms with Gasteiger partial charge in [0.05, 0.1) is 23.2 Å². The molecule has 2 aromatic rings. The van der Waals surface area contributed by atoms with E-state index in [0.717, 1.165) is 15.8 Å². The van der Waals surface area contributed by atoms with Crippen LogP contribution in [0.2, 0.25) is 0 Å². The number of fused-ring (bicyclic) bond motifs is 1. The van der Waals surface area contributed by atoms with Gasteiger partial charge in [-0.05, 0) is 31.5 Å². The van der Waals surface area contributed by atoms with Crippen molar-refractivity contribution >= 4 is 33.4 Å². The zero-order valence-corrected chi connectivity index (χ0v) is 15.5. The fraction of sp³-hybridized carbons (Fsp3) is 0.389. The summed E-state index contributed by atoms with van der Waals surface area (Å²) in [5.41, 5.74) is 2.03. The summed E-state index contributed by atoms with van der Waals surface area (Å²) in [4.78, 5) is 28.8. The number of carbonyl (C=O) groups is 2. The van der Waals surface area contributed by atoms with Gasteiger partial charge in [-0.25, -0.2) is 0 Å². The summed E-state index contributed by atoms with van der Waals surface area (Å²) in [6.45, 7) is 5.23. The van der Waals surface area contributed by atoms with Crippen LogP contribution in [0.3, 0.4) is 0 Å². The van der Waals surface area contributed by atoms with Gasteiger partial charge in [-0.3, -0.25) is 9.59 Å². The molecule has 1 aromatic heterocycles. The maximum absolute atomic E-state index is 12.4. The minimum absolute atomic E-state index is 0.0850. The molecule has 7 nitrogen and oxygen atoms in total. The van der Waals surface area contributed by atoms with Gasteiger partial charge in [0.1, 0.15) is 19.5 Å². The number of hydrogen-bond donors (Lipinski definition) is 0. The zero-order chi connectivity index (χ0) is 18.5. The van der Waals surface area contributed by atoms with E-state index < -0.39 is 5.91 Å². The van der Waals surface area contributed by atoms with Crippen molar-refractivity contribution in [1.82, 2.24) is 4.57 Å². The molecule has 8 heteroatoms. The highest BCUT2D eigenvalue weighted by Gasteiger charge is 2.16. The number of esters is 1. The minimum Gasteiger partial charge on any atom is -0.494 e. The number of rotatable bonds is 5. The second-order valence-electron chi connectivity index (χ2n) is 5.68. The molecule has 0 bridgehead atoms. The van der Waals surface area contributed by atoms with Crippen molar-refractivity contribution < 1.29 is 23.8 Å². The molecule has 0 fully saturated rings. The molecule has 0 saturated heterocycles. The van der Waals surface area contributed by atoms with Gasteiger partial charge >= 0.3 is 11.9 Å². The Hall–Kier alpha value is -2.61. The van der Waals surface area contributed by atoms with E-state index >= 15 is 0 Å². The lowest BCUT2D eigenvalue weighted by atomic mass is 10.2. The van der Waals surface area contributed by atoms with Gasteiger partial charge in [0.2, 0.25) is 5.76 Å². The molecular weight excluding hydrogens is 356 g/mol. The van der Waals surface area contributed by atoms with E-state index in [1.807, 2.05) is 29.7 Å². The lowest BCUT2D eigenvalue weighted by molar-refractivity contribution is -0.143. The van der Waals surface area contributed by atoms with Crippen molar-refractivity contribution in [3.8, 4) is 0 Å². The number of nitrogens with zero attached hydrogens (tertiary/aromatic N) is 2. The molecule has 1 aliphatic heterocycles. The largest absolute Gasteiger partial charge is 0.494 e. The second kappa shape index (κ2) is 8.18. The minimum atomic E-state index is -0.502. The van der Waals surface area contributed by atoms with Gasteiger partial charge in [-0.2, -0.15) is 4.99 Å². The summed E-state index contributed by atoms with van der Waals surface area (Å²) in [5, 5.41) is 0. The van der Waals surface area contributed by atoms with Crippen LogP contribution in [0.1, 0.15) is 18.9 Å². The monoisotopic (exact) mass is 376 g/mol. The SMILES string of the molecule is CCOC(=O)CCn1c(=NC(=O)C2=COCCO2)sc2cc(C)ccc21. The van der Waals surface area contributed by atoms with Crippen LogP contribution in [-0.2, 0) is 30.3 Å². The molecule has 138 valence electrons. The number of amides is 1. The molecule has 0 radical (unpaired) electrons. The molecule has 1 aromatic carbocycles. The third-order valence-corrected chi connectivity index (χ3v) is 4.78.